The molecule has 0 spiro atoms. The zero-order valence-corrected chi connectivity index (χ0v) is 17.0. The average molecular weight is 421 g/mol. The summed E-state index contributed by atoms with van der Waals surface area (Å²) in [5, 5.41) is 17.0. The highest BCUT2D eigenvalue weighted by molar-refractivity contribution is 7.15. The molecule has 0 aliphatic heterocycles. The molecule has 2 N–H and O–H groups in total. The van der Waals surface area contributed by atoms with Gasteiger partial charge in [-0.2, -0.15) is 0 Å². The summed E-state index contributed by atoms with van der Waals surface area (Å²) >= 11 is 8.83. The van der Waals surface area contributed by atoms with Gasteiger partial charge in [-0.25, -0.2) is 0 Å². The molecule has 3 rings (SSSR count). The van der Waals surface area contributed by atoms with Gasteiger partial charge in [-0.15, -0.1) is 21.5 Å². The van der Waals surface area contributed by atoms with Gasteiger partial charge < -0.3 is 5.32 Å². The van der Waals surface area contributed by atoms with Crippen LogP contribution in [0.4, 0.5) is 10.8 Å². The van der Waals surface area contributed by atoms with Gasteiger partial charge in [-0.1, -0.05) is 42.9 Å². The Morgan fingerprint density at radius 1 is 1.15 bits per heavy atom. The van der Waals surface area contributed by atoms with Crippen LogP contribution in [0.15, 0.2) is 35.7 Å². The summed E-state index contributed by atoms with van der Waals surface area (Å²) in [5.41, 5.74) is 0.738. The monoisotopic (exact) mass is 420 g/mol. The highest BCUT2D eigenvalue weighted by Gasteiger charge is 2.15. The minimum absolute atomic E-state index is 0.271. The van der Waals surface area contributed by atoms with E-state index in [1.54, 1.807) is 30.3 Å². The Morgan fingerprint density at radius 2 is 1.96 bits per heavy atom. The van der Waals surface area contributed by atoms with Crippen molar-refractivity contribution in [1.29, 1.82) is 0 Å². The minimum Gasteiger partial charge on any atom is -0.320 e. The Hall–Kier alpha value is -2.29. The Kier molecular flexibility index (Phi) is 6.20. The Morgan fingerprint density at radius 3 is 2.67 bits per heavy atom. The number of anilines is 2. The molecule has 0 atom stereocenters. The molecule has 1 aromatic carbocycles. The predicted octanol–water partition coefficient (Wildman–Crippen LogP) is 4.96. The summed E-state index contributed by atoms with van der Waals surface area (Å²) < 4.78 is 0. The highest BCUT2D eigenvalue weighted by atomic mass is 35.5. The lowest BCUT2D eigenvalue weighted by atomic mass is 10.1. The van der Waals surface area contributed by atoms with Crippen LogP contribution in [0.25, 0.3) is 0 Å². The number of carbonyl (C=O) groups is 2. The molecule has 0 unspecified atom stereocenters. The standard InChI is InChI=1S/C18H17ClN4O2S2/c1-10(2)8-15-22-23-18(27-15)21-16(24)11-5-6-12(19)13(9-11)20-17(25)14-4-3-7-26-14/h3-7,9-10H,8H2,1-2H3,(H,20,25)(H,21,23,24). The quantitative estimate of drug-likeness (QED) is 0.590. The first-order chi connectivity index (χ1) is 12.9. The number of hydrogen-bond acceptors (Lipinski definition) is 6. The Bertz CT molecular complexity index is 954. The normalized spacial score (nSPS) is 10.8. The van der Waals surface area contributed by atoms with Crippen molar-refractivity contribution in [2.24, 2.45) is 5.92 Å². The van der Waals surface area contributed by atoms with Crippen LogP contribution in [0.2, 0.25) is 5.02 Å². The number of aromatic nitrogens is 2. The summed E-state index contributed by atoms with van der Waals surface area (Å²) in [7, 11) is 0. The number of nitrogens with one attached hydrogen (secondary N) is 2. The Labute approximate surface area is 169 Å². The number of halogens is 1. The van der Waals surface area contributed by atoms with Gasteiger partial charge in [-0.05, 0) is 35.6 Å². The molecule has 27 heavy (non-hydrogen) atoms. The summed E-state index contributed by atoms with van der Waals surface area (Å²) in [6.07, 6.45) is 0.813. The van der Waals surface area contributed by atoms with Gasteiger partial charge >= 0.3 is 0 Å². The van der Waals surface area contributed by atoms with E-state index in [1.807, 2.05) is 5.38 Å². The molecule has 9 heteroatoms. The topological polar surface area (TPSA) is 84.0 Å². The molecule has 0 radical (unpaired) electrons. The molecule has 2 heterocycles. The van der Waals surface area contributed by atoms with Gasteiger partial charge in [0.2, 0.25) is 5.13 Å². The number of rotatable bonds is 6. The van der Waals surface area contributed by atoms with Crippen LogP contribution in [0.5, 0.6) is 0 Å². The Balaban J connectivity index is 1.71. The van der Waals surface area contributed by atoms with Crippen LogP contribution in [0.3, 0.4) is 0 Å². The van der Waals surface area contributed by atoms with Crippen LogP contribution in [-0.4, -0.2) is 22.0 Å². The number of carbonyl (C=O) groups excluding carboxylic acids is 2. The summed E-state index contributed by atoms with van der Waals surface area (Å²) in [6, 6.07) is 8.22. The molecular formula is C18H17ClN4O2S2. The van der Waals surface area contributed by atoms with Crippen molar-refractivity contribution in [3.05, 3.63) is 56.2 Å². The highest BCUT2D eigenvalue weighted by Crippen LogP contribution is 2.25. The van der Waals surface area contributed by atoms with Gasteiger partial charge in [0.25, 0.3) is 11.8 Å². The fourth-order valence-electron chi connectivity index (χ4n) is 2.26. The average Bonchev–Trinajstić information content (AvgIpc) is 3.28. The maximum atomic E-state index is 12.5. The molecule has 2 aromatic heterocycles. The summed E-state index contributed by atoms with van der Waals surface area (Å²) in [4.78, 5) is 25.3. The maximum absolute atomic E-state index is 12.5. The van der Waals surface area contributed by atoms with Crippen molar-refractivity contribution in [2.75, 3.05) is 10.6 Å². The van der Waals surface area contributed by atoms with Crippen molar-refractivity contribution in [3.8, 4) is 0 Å². The second-order valence-corrected chi connectivity index (χ2v) is 8.60. The van der Waals surface area contributed by atoms with Crippen molar-refractivity contribution >= 4 is 56.9 Å². The molecule has 2 amide bonds. The number of nitrogens with zero attached hydrogens (tertiary/aromatic N) is 2. The maximum Gasteiger partial charge on any atom is 0.265 e. The van der Waals surface area contributed by atoms with Gasteiger partial charge in [0.15, 0.2) is 0 Å². The van der Waals surface area contributed by atoms with Gasteiger partial charge in [-0.3, -0.25) is 14.9 Å². The number of amides is 2. The molecule has 3 aromatic rings. The number of hydrogen-bond donors (Lipinski definition) is 2. The summed E-state index contributed by atoms with van der Waals surface area (Å²) in [5.74, 6) is -0.148. The third-order valence-corrected chi connectivity index (χ3v) is 5.55. The van der Waals surface area contributed by atoms with E-state index in [4.69, 9.17) is 11.6 Å². The smallest absolute Gasteiger partial charge is 0.265 e. The lowest BCUT2D eigenvalue weighted by Crippen LogP contribution is -2.14. The first-order valence-electron chi connectivity index (χ1n) is 8.20. The summed E-state index contributed by atoms with van der Waals surface area (Å²) in [6.45, 7) is 4.19. The molecule has 0 fully saturated rings. The van der Waals surface area contributed by atoms with E-state index in [0.29, 0.717) is 32.2 Å². The van der Waals surface area contributed by atoms with Crippen molar-refractivity contribution < 1.29 is 9.59 Å². The molecule has 0 aliphatic carbocycles. The fraction of sp³-hybridized carbons (Fsp3) is 0.222. The molecule has 0 aliphatic rings. The van der Waals surface area contributed by atoms with E-state index in [2.05, 4.69) is 34.7 Å². The van der Waals surface area contributed by atoms with E-state index < -0.39 is 0 Å². The molecular weight excluding hydrogens is 404 g/mol. The van der Waals surface area contributed by atoms with Crippen molar-refractivity contribution in [2.45, 2.75) is 20.3 Å². The van der Waals surface area contributed by atoms with Crippen molar-refractivity contribution in [1.82, 2.24) is 10.2 Å². The molecule has 140 valence electrons. The second kappa shape index (κ2) is 8.60. The molecule has 0 saturated heterocycles. The molecule has 6 nitrogen and oxygen atoms in total. The SMILES string of the molecule is CC(C)Cc1nnc(NC(=O)c2ccc(Cl)c(NC(=O)c3cccs3)c2)s1. The second-order valence-electron chi connectivity index (χ2n) is 6.18. The van der Waals surface area contributed by atoms with Crippen LogP contribution in [-0.2, 0) is 6.42 Å². The van der Waals surface area contributed by atoms with E-state index >= 15 is 0 Å². The van der Waals surface area contributed by atoms with Crippen LogP contribution in [0.1, 0.15) is 38.9 Å². The van der Waals surface area contributed by atoms with Gasteiger partial charge in [0, 0.05) is 12.0 Å². The predicted molar refractivity (Wildman–Crippen MR) is 110 cm³/mol. The zero-order valence-electron chi connectivity index (χ0n) is 14.7. The van der Waals surface area contributed by atoms with Crippen LogP contribution in [0, 0.1) is 5.92 Å². The lowest BCUT2D eigenvalue weighted by molar-refractivity contribution is 0.101. The van der Waals surface area contributed by atoms with Gasteiger partial charge in [0.1, 0.15) is 5.01 Å². The van der Waals surface area contributed by atoms with Crippen LogP contribution < -0.4 is 10.6 Å². The van der Waals surface area contributed by atoms with E-state index in [0.717, 1.165) is 11.4 Å². The third-order valence-electron chi connectivity index (χ3n) is 3.49. The van der Waals surface area contributed by atoms with Crippen molar-refractivity contribution in [3.63, 3.8) is 0 Å². The van der Waals surface area contributed by atoms with E-state index in [9.17, 15) is 9.59 Å². The zero-order chi connectivity index (χ0) is 19.4. The first-order valence-corrected chi connectivity index (χ1v) is 10.3. The van der Waals surface area contributed by atoms with E-state index in [-0.39, 0.29) is 11.8 Å². The fourth-order valence-corrected chi connectivity index (χ4v) is 3.99. The lowest BCUT2D eigenvalue weighted by Gasteiger charge is -2.08. The van der Waals surface area contributed by atoms with Gasteiger partial charge in [0.05, 0.1) is 15.6 Å². The number of benzene rings is 1. The first kappa shape index (κ1) is 19.5. The molecule has 0 bridgehead atoms. The van der Waals surface area contributed by atoms with E-state index in [1.165, 1.54) is 22.7 Å². The van der Waals surface area contributed by atoms with Crippen LogP contribution >= 0.6 is 34.3 Å². The molecule has 0 saturated carbocycles. The number of thiophene rings is 1. The third kappa shape index (κ3) is 5.12. The largest absolute Gasteiger partial charge is 0.320 e. The minimum atomic E-state index is -0.342.